The molecule has 1 saturated heterocycles. The molecular formula is C13H20N2O2. The molecule has 0 amide bonds. The smallest absolute Gasteiger partial charge is 0.254 e. The van der Waals surface area contributed by atoms with Gasteiger partial charge in [-0.25, -0.2) is 4.98 Å². The third-order valence-corrected chi connectivity index (χ3v) is 3.28. The first-order valence-corrected chi connectivity index (χ1v) is 6.25. The van der Waals surface area contributed by atoms with Crippen molar-refractivity contribution in [2.24, 2.45) is 5.92 Å². The summed E-state index contributed by atoms with van der Waals surface area (Å²) >= 11 is 0. The van der Waals surface area contributed by atoms with Crippen LogP contribution in [0.4, 0.5) is 0 Å². The number of rotatable bonds is 3. The normalized spacial score (nSPS) is 20.1. The van der Waals surface area contributed by atoms with Crippen molar-refractivity contribution in [2.75, 3.05) is 13.2 Å². The van der Waals surface area contributed by atoms with Crippen LogP contribution in [0.1, 0.15) is 43.3 Å². The lowest BCUT2D eigenvalue weighted by Crippen LogP contribution is -2.21. The Bertz CT molecular complexity index is 445. The van der Waals surface area contributed by atoms with Gasteiger partial charge in [-0.05, 0) is 25.2 Å². The van der Waals surface area contributed by atoms with Crippen LogP contribution in [0.3, 0.4) is 0 Å². The second-order valence-corrected chi connectivity index (χ2v) is 5.10. The van der Waals surface area contributed by atoms with Crippen LogP contribution in [0, 0.1) is 12.8 Å². The molecule has 1 aromatic heterocycles. The number of hydrogen-bond donors (Lipinski definition) is 1. The number of aryl methyl sites for hydroxylation is 1. The van der Waals surface area contributed by atoms with Gasteiger partial charge in [0.1, 0.15) is 5.82 Å². The van der Waals surface area contributed by atoms with Crippen molar-refractivity contribution >= 4 is 0 Å². The number of nitrogens with one attached hydrogen (secondary N) is 1. The van der Waals surface area contributed by atoms with E-state index in [0.29, 0.717) is 5.92 Å². The minimum absolute atomic E-state index is 0.0152. The Morgan fingerprint density at radius 3 is 2.82 bits per heavy atom. The summed E-state index contributed by atoms with van der Waals surface area (Å²) in [6, 6.07) is 0. The number of aromatic nitrogens is 2. The lowest BCUT2D eigenvalue weighted by atomic mass is 10.0. The molecule has 1 atom stereocenters. The van der Waals surface area contributed by atoms with Gasteiger partial charge in [-0.3, -0.25) is 4.79 Å². The first-order chi connectivity index (χ1) is 8.08. The number of H-pyrrole nitrogens is 1. The molecule has 17 heavy (non-hydrogen) atoms. The van der Waals surface area contributed by atoms with Gasteiger partial charge in [0, 0.05) is 30.9 Å². The van der Waals surface area contributed by atoms with Crippen molar-refractivity contribution < 1.29 is 4.74 Å². The van der Waals surface area contributed by atoms with Crippen LogP contribution in [0.25, 0.3) is 0 Å². The third-order valence-electron chi connectivity index (χ3n) is 3.28. The van der Waals surface area contributed by atoms with Crippen LogP contribution < -0.4 is 5.56 Å². The Morgan fingerprint density at radius 1 is 1.53 bits per heavy atom. The molecule has 1 fully saturated rings. The standard InChI is InChI=1S/C13H20N2O2/c1-8(2)12-9(3)14-11(15-13(12)16)6-10-4-5-17-7-10/h8,10H,4-7H2,1-3H3,(H,14,15,16). The summed E-state index contributed by atoms with van der Waals surface area (Å²) in [7, 11) is 0. The summed E-state index contributed by atoms with van der Waals surface area (Å²) in [6.45, 7) is 7.57. The Balaban J connectivity index is 2.22. The van der Waals surface area contributed by atoms with Crippen molar-refractivity contribution in [2.45, 2.75) is 39.5 Å². The molecule has 2 rings (SSSR count). The van der Waals surface area contributed by atoms with E-state index < -0.39 is 0 Å². The molecule has 0 saturated carbocycles. The van der Waals surface area contributed by atoms with E-state index in [0.717, 1.165) is 43.1 Å². The van der Waals surface area contributed by atoms with Crippen LogP contribution in [-0.4, -0.2) is 23.2 Å². The summed E-state index contributed by atoms with van der Waals surface area (Å²) in [6.07, 6.45) is 1.88. The molecule has 1 aliphatic rings. The van der Waals surface area contributed by atoms with Crippen molar-refractivity contribution in [3.8, 4) is 0 Å². The zero-order valence-corrected chi connectivity index (χ0v) is 10.7. The molecule has 1 N–H and O–H groups in total. The van der Waals surface area contributed by atoms with Crippen LogP contribution in [0.15, 0.2) is 4.79 Å². The maximum Gasteiger partial charge on any atom is 0.254 e. The summed E-state index contributed by atoms with van der Waals surface area (Å²) in [5.74, 6) is 1.52. The Hall–Kier alpha value is -1.16. The van der Waals surface area contributed by atoms with Crippen LogP contribution in [0.5, 0.6) is 0 Å². The molecule has 1 aromatic rings. The lowest BCUT2D eigenvalue weighted by Gasteiger charge is -2.11. The fraction of sp³-hybridized carbons (Fsp3) is 0.692. The second kappa shape index (κ2) is 5.00. The lowest BCUT2D eigenvalue weighted by molar-refractivity contribution is 0.185. The van der Waals surface area contributed by atoms with Crippen molar-refractivity contribution in [3.63, 3.8) is 0 Å². The van der Waals surface area contributed by atoms with Gasteiger partial charge < -0.3 is 9.72 Å². The molecule has 2 heterocycles. The molecule has 4 nitrogen and oxygen atoms in total. The minimum Gasteiger partial charge on any atom is -0.381 e. The summed E-state index contributed by atoms with van der Waals surface area (Å²) in [4.78, 5) is 19.4. The van der Waals surface area contributed by atoms with Crippen molar-refractivity contribution in [1.82, 2.24) is 9.97 Å². The van der Waals surface area contributed by atoms with E-state index in [1.54, 1.807) is 0 Å². The predicted molar refractivity (Wildman–Crippen MR) is 66.3 cm³/mol. The molecule has 4 heteroatoms. The molecule has 0 aliphatic carbocycles. The van der Waals surface area contributed by atoms with E-state index in [4.69, 9.17) is 4.74 Å². The van der Waals surface area contributed by atoms with Gasteiger partial charge in [-0.2, -0.15) is 0 Å². The third kappa shape index (κ3) is 2.75. The van der Waals surface area contributed by atoms with Gasteiger partial charge in [0.2, 0.25) is 0 Å². The molecule has 1 unspecified atom stereocenters. The number of aromatic amines is 1. The number of nitrogens with zero attached hydrogens (tertiary/aromatic N) is 1. The minimum atomic E-state index is 0.0152. The largest absolute Gasteiger partial charge is 0.381 e. The second-order valence-electron chi connectivity index (χ2n) is 5.10. The van der Waals surface area contributed by atoms with E-state index in [1.807, 2.05) is 20.8 Å². The van der Waals surface area contributed by atoms with Gasteiger partial charge in [0.25, 0.3) is 5.56 Å². The molecule has 0 spiro atoms. The molecule has 1 aliphatic heterocycles. The van der Waals surface area contributed by atoms with E-state index in [1.165, 1.54) is 0 Å². The van der Waals surface area contributed by atoms with Crippen molar-refractivity contribution in [3.05, 3.63) is 27.4 Å². The maximum absolute atomic E-state index is 11.9. The topological polar surface area (TPSA) is 55.0 Å². The Morgan fingerprint density at radius 2 is 2.29 bits per heavy atom. The van der Waals surface area contributed by atoms with Gasteiger partial charge in [0.15, 0.2) is 0 Å². The van der Waals surface area contributed by atoms with Crippen LogP contribution in [-0.2, 0) is 11.2 Å². The van der Waals surface area contributed by atoms with Gasteiger partial charge in [0.05, 0.1) is 0 Å². The van der Waals surface area contributed by atoms with Crippen molar-refractivity contribution in [1.29, 1.82) is 0 Å². The average molecular weight is 236 g/mol. The Kier molecular flexibility index (Phi) is 3.62. The first-order valence-electron chi connectivity index (χ1n) is 6.25. The fourth-order valence-electron chi connectivity index (χ4n) is 2.45. The summed E-state index contributed by atoms with van der Waals surface area (Å²) in [5.41, 5.74) is 1.68. The zero-order chi connectivity index (χ0) is 12.4. The first kappa shape index (κ1) is 12.3. The summed E-state index contributed by atoms with van der Waals surface area (Å²) < 4.78 is 5.33. The molecule has 0 radical (unpaired) electrons. The van der Waals surface area contributed by atoms with Gasteiger partial charge >= 0.3 is 0 Å². The van der Waals surface area contributed by atoms with E-state index >= 15 is 0 Å². The monoisotopic (exact) mass is 236 g/mol. The fourth-order valence-corrected chi connectivity index (χ4v) is 2.45. The highest BCUT2D eigenvalue weighted by atomic mass is 16.5. The molecule has 0 aromatic carbocycles. The van der Waals surface area contributed by atoms with Gasteiger partial charge in [-0.1, -0.05) is 13.8 Å². The SMILES string of the molecule is Cc1nc(CC2CCOC2)[nH]c(=O)c1C(C)C. The van der Waals surface area contributed by atoms with E-state index in [2.05, 4.69) is 9.97 Å². The van der Waals surface area contributed by atoms with E-state index in [9.17, 15) is 4.79 Å². The zero-order valence-electron chi connectivity index (χ0n) is 10.7. The predicted octanol–water partition coefficient (Wildman–Crippen LogP) is 1.78. The highest BCUT2D eigenvalue weighted by Crippen LogP contribution is 2.17. The molecule has 0 bridgehead atoms. The molecule has 94 valence electrons. The highest BCUT2D eigenvalue weighted by Gasteiger charge is 2.18. The van der Waals surface area contributed by atoms with E-state index in [-0.39, 0.29) is 11.5 Å². The maximum atomic E-state index is 11.9. The average Bonchev–Trinajstić information content (AvgIpc) is 2.68. The molecular weight excluding hydrogens is 216 g/mol. The summed E-state index contributed by atoms with van der Waals surface area (Å²) in [5, 5.41) is 0. The Labute approximate surface area is 101 Å². The number of hydrogen-bond acceptors (Lipinski definition) is 3. The van der Waals surface area contributed by atoms with Crippen LogP contribution in [0.2, 0.25) is 0 Å². The highest BCUT2D eigenvalue weighted by molar-refractivity contribution is 5.20. The van der Waals surface area contributed by atoms with Crippen LogP contribution >= 0.6 is 0 Å². The number of ether oxygens (including phenoxy) is 1. The van der Waals surface area contributed by atoms with Gasteiger partial charge in [-0.15, -0.1) is 0 Å². The quantitative estimate of drug-likeness (QED) is 0.870.